The molecule has 0 atom stereocenters. The summed E-state index contributed by atoms with van der Waals surface area (Å²) >= 11 is 0. The van der Waals surface area contributed by atoms with Crippen molar-refractivity contribution in [3.05, 3.63) is 65.2 Å². The molecule has 0 heterocycles. The Hall–Kier alpha value is -2.86. The summed E-state index contributed by atoms with van der Waals surface area (Å²) < 4.78 is 5.59. The SMILES string of the molecule is CCc1cccc(CC)c1N(C(=N)N)C(=O)NCCOCc1ccccc1. The number of benzene rings is 2. The quantitative estimate of drug-likeness (QED) is 0.379. The number of guanidine groups is 1. The lowest BCUT2D eigenvalue weighted by Crippen LogP contribution is -2.48. The minimum Gasteiger partial charge on any atom is -0.375 e. The Morgan fingerprint density at radius 1 is 1.07 bits per heavy atom. The summed E-state index contributed by atoms with van der Waals surface area (Å²) in [5, 5.41) is 10.7. The summed E-state index contributed by atoms with van der Waals surface area (Å²) in [6.45, 7) is 5.25. The van der Waals surface area contributed by atoms with Crippen LogP contribution in [0.2, 0.25) is 0 Å². The van der Waals surface area contributed by atoms with Gasteiger partial charge in [-0.15, -0.1) is 0 Å². The lowest BCUT2D eigenvalue weighted by molar-refractivity contribution is 0.124. The zero-order valence-corrected chi connectivity index (χ0v) is 16.0. The number of nitrogens with one attached hydrogen (secondary N) is 2. The summed E-state index contributed by atoms with van der Waals surface area (Å²) in [5.74, 6) is -0.298. The number of carbonyl (C=O) groups is 1. The summed E-state index contributed by atoms with van der Waals surface area (Å²) in [6, 6.07) is 15.3. The molecular weight excluding hydrogens is 340 g/mol. The molecule has 0 spiro atoms. The van der Waals surface area contributed by atoms with Crippen LogP contribution in [0.5, 0.6) is 0 Å². The molecule has 0 bridgehead atoms. The van der Waals surface area contributed by atoms with Gasteiger partial charge in [-0.25, -0.2) is 9.69 Å². The van der Waals surface area contributed by atoms with Crippen molar-refractivity contribution in [2.45, 2.75) is 33.3 Å². The number of urea groups is 1. The molecule has 0 saturated heterocycles. The third kappa shape index (κ3) is 5.56. The molecule has 0 radical (unpaired) electrons. The first-order chi connectivity index (χ1) is 13.1. The van der Waals surface area contributed by atoms with Crippen LogP contribution in [0, 0.1) is 5.41 Å². The zero-order chi connectivity index (χ0) is 19.6. The predicted octanol–water partition coefficient (Wildman–Crippen LogP) is 3.44. The first kappa shape index (κ1) is 20.5. The van der Waals surface area contributed by atoms with Gasteiger partial charge in [-0.2, -0.15) is 0 Å². The lowest BCUT2D eigenvalue weighted by atomic mass is 10.0. The maximum Gasteiger partial charge on any atom is 0.328 e. The Morgan fingerprint density at radius 3 is 2.26 bits per heavy atom. The van der Waals surface area contributed by atoms with Crippen LogP contribution in [-0.4, -0.2) is 25.1 Å². The molecule has 6 heteroatoms. The molecule has 2 rings (SSSR count). The van der Waals surface area contributed by atoms with Crippen molar-refractivity contribution in [3.63, 3.8) is 0 Å². The van der Waals surface area contributed by atoms with E-state index >= 15 is 0 Å². The molecule has 2 amide bonds. The van der Waals surface area contributed by atoms with E-state index in [1.807, 2.05) is 62.4 Å². The van der Waals surface area contributed by atoms with Gasteiger partial charge in [-0.05, 0) is 29.5 Å². The van der Waals surface area contributed by atoms with E-state index in [1.165, 1.54) is 4.90 Å². The first-order valence-corrected chi connectivity index (χ1v) is 9.22. The zero-order valence-electron chi connectivity index (χ0n) is 16.0. The van der Waals surface area contributed by atoms with Gasteiger partial charge in [0.15, 0.2) is 0 Å². The van der Waals surface area contributed by atoms with Crippen molar-refractivity contribution < 1.29 is 9.53 Å². The molecule has 6 nitrogen and oxygen atoms in total. The number of carbonyl (C=O) groups excluding carboxylic acids is 1. The summed E-state index contributed by atoms with van der Waals surface area (Å²) in [4.78, 5) is 13.9. The molecule has 0 saturated carbocycles. The van der Waals surface area contributed by atoms with Crippen LogP contribution in [0.25, 0.3) is 0 Å². The summed E-state index contributed by atoms with van der Waals surface area (Å²) in [6.07, 6.45) is 1.50. The van der Waals surface area contributed by atoms with Gasteiger partial charge < -0.3 is 15.8 Å². The van der Waals surface area contributed by atoms with Crippen LogP contribution < -0.4 is 16.0 Å². The van der Waals surface area contributed by atoms with E-state index in [9.17, 15) is 4.79 Å². The molecule has 4 N–H and O–H groups in total. The summed E-state index contributed by atoms with van der Waals surface area (Å²) in [5.41, 5.74) is 9.50. The third-order valence-electron chi connectivity index (χ3n) is 4.27. The van der Waals surface area contributed by atoms with Gasteiger partial charge in [0.25, 0.3) is 0 Å². The molecule has 0 aromatic heterocycles. The highest BCUT2D eigenvalue weighted by Gasteiger charge is 2.23. The van der Waals surface area contributed by atoms with Crippen LogP contribution in [-0.2, 0) is 24.2 Å². The number of nitrogens with zero attached hydrogens (tertiary/aromatic N) is 1. The van der Waals surface area contributed by atoms with Gasteiger partial charge >= 0.3 is 6.03 Å². The topological polar surface area (TPSA) is 91.4 Å². The highest BCUT2D eigenvalue weighted by Crippen LogP contribution is 2.27. The fourth-order valence-corrected chi connectivity index (χ4v) is 2.91. The average molecular weight is 368 g/mol. The Kier molecular flexibility index (Phi) is 7.82. The standard InChI is InChI=1S/C21H28N4O2/c1-3-17-11-8-12-18(4-2)19(17)25(20(22)23)21(26)24-13-14-27-15-16-9-6-5-7-10-16/h5-12H,3-4,13-15H2,1-2H3,(H3,22,23)(H,24,26). The van der Waals surface area contributed by atoms with E-state index in [0.29, 0.717) is 25.4 Å². The summed E-state index contributed by atoms with van der Waals surface area (Å²) in [7, 11) is 0. The predicted molar refractivity (Wildman–Crippen MR) is 109 cm³/mol. The fourth-order valence-electron chi connectivity index (χ4n) is 2.91. The minimum absolute atomic E-state index is 0.298. The molecule has 0 aliphatic carbocycles. The second-order valence-electron chi connectivity index (χ2n) is 6.12. The minimum atomic E-state index is -0.415. The number of rotatable bonds is 8. The Bertz CT molecular complexity index is 740. The van der Waals surface area contributed by atoms with E-state index in [4.69, 9.17) is 15.9 Å². The van der Waals surface area contributed by atoms with Crippen LogP contribution >= 0.6 is 0 Å². The normalized spacial score (nSPS) is 10.4. The molecular formula is C21H28N4O2. The highest BCUT2D eigenvalue weighted by atomic mass is 16.5. The number of hydrogen-bond acceptors (Lipinski definition) is 3. The van der Waals surface area contributed by atoms with Crippen molar-refractivity contribution in [1.29, 1.82) is 5.41 Å². The smallest absolute Gasteiger partial charge is 0.328 e. The van der Waals surface area contributed by atoms with Gasteiger partial charge in [-0.3, -0.25) is 5.41 Å². The number of aryl methyl sites for hydroxylation is 2. The Balaban J connectivity index is 1.99. The highest BCUT2D eigenvalue weighted by molar-refractivity contribution is 6.14. The number of nitrogens with two attached hydrogens (primary N) is 1. The number of para-hydroxylation sites is 1. The first-order valence-electron chi connectivity index (χ1n) is 9.22. The Morgan fingerprint density at radius 2 is 1.70 bits per heavy atom. The second-order valence-corrected chi connectivity index (χ2v) is 6.12. The van der Waals surface area contributed by atoms with Crippen molar-refractivity contribution in [1.82, 2.24) is 5.32 Å². The monoisotopic (exact) mass is 368 g/mol. The van der Waals surface area contributed by atoms with Gasteiger partial charge in [0.1, 0.15) is 0 Å². The van der Waals surface area contributed by atoms with Gasteiger partial charge in [0.05, 0.1) is 18.9 Å². The van der Waals surface area contributed by atoms with E-state index in [1.54, 1.807) is 0 Å². The second kappa shape index (κ2) is 10.3. The number of anilines is 1. The van der Waals surface area contributed by atoms with Gasteiger partial charge in [0, 0.05) is 6.54 Å². The molecule has 0 fully saturated rings. The molecule has 2 aromatic rings. The molecule has 144 valence electrons. The van der Waals surface area contributed by atoms with E-state index < -0.39 is 6.03 Å². The maximum absolute atomic E-state index is 12.7. The average Bonchev–Trinajstić information content (AvgIpc) is 2.68. The molecule has 0 aliphatic rings. The molecule has 2 aromatic carbocycles. The lowest BCUT2D eigenvalue weighted by Gasteiger charge is -2.26. The number of amides is 2. The van der Waals surface area contributed by atoms with Gasteiger partial charge in [0.2, 0.25) is 5.96 Å². The van der Waals surface area contributed by atoms with Crippen LogP contribution in [0.15, 0.2) is 48.5 Å². The van der Waals surface area contributed by atoms with E-state index in [0.717, 1.165) is 29.5 Å². The Labute approximate surface area is 160 Å². The van der Waals surface area contributed by atoms with Crippen molar-refractivity contribution in [3.8, 4) is 0 Å². The molecule has 0 unspecified atom stereocenters. The van der Waals surface area contributed by atoms with Crippen molar-refractivity contribution in [2.75, 3.05) is 18.1 Å². The van der Waals surface area contributed by atoms with Crippen LogP contribution in [0.3, 0.4) is 0 Å². The maximum atomic E-state index is 12.7. The fraction of sp³-hybridized carbons (Fsp3) is 0.333. The van der Waals surface area contributed by atoms with E-state index in [-0.39, 0.29) is 5.96 Å². The van der Waals surface area contributed by atoms with Crippen molar-refractivity contribution in [2.24, 2.45) is 5.73 Å². The van der Waals surface area contributed by atoms with Crippen LogP contribution in [0.4, 0.5) is 10.5 Å². The van der Waals surface area contributed by atoms with Gasteiger partial charge in [-0.1, -0.05) is 62.4 Å². The third-order valence-corrected chi connectivity index (χ3v) is 4.27. The molecule has 0 aliphatic heterocycles. The largest absolute Gasteiger partial charge is 0.375 e. The number of hydrogen-bond donors (Lipinski definition) is 3. The number of ether oxygens (including phenoxy) is 1. The van der Waals surface area contributed by atoms with Crippen LogP contribution in [0.1, 0.15) is 30.5 Å². The molecule has 27 heavy (non-hydrogen) atoms. The van der Waals surface area contributed by atoms with E-state index in [2.05, 4.69) is 5.32 Å². The van der Waals surface area contributed by atoms with Crippen molar-refractivity contribution >= 4 is 17.7 Å².